The number of hydrogen-bond donors (Lipinski definition) is 3. The Morgan fingerprint density at radius 2 is 2.00 bits per heavy atom. The van der Waals surface area contributed by atoms with Gasteiger partial charge in [0.1, 0.15) is 5.82 Å². The van der Waals surface area contributed by atoms with Gasteiger partial charge in [-0.05, 0) is 12.8 Å². The van der Waals surface area contributed by atoms with Crippen molar-refractivity contribution in [2.45, 2.75) is 38.1 Å². The van der Waals surface area contributed by atoms with Crippen molar-refractivity contribution in [2.75, 3.05) is 18.1 Å². The minimum Gasteiger partial charge on any atom is -0.396 e. The largest absolute Gasteiger partial charge is 0.396 e. The molecule has 0 aromatic carbocycles. The maximum atomic E-state index is 8.90. The predicted octanol–water partition coefficient (Wildman–Crippen LogP) is 0.697. The summed E-state index contributed by atoms with van der Waals surface area (Å²) in [5, 5.41) is 13.2. The van der Waals surface area contributed by atoms with E-state index < -0.39 is 0 Å². The van der Waals surface area contributed by atoms with Gasteiger partial charge in [0.15, 0.2) is 5.82 Å². The van der Waals surface area contributed by atoms with Gasteiger partial charge in [0.25, 0.3) is 0 Å². The molecular formula is C10H18N4O. The second-order valence-electron chi connectivity index (χ2n) is 4.11. The van der Waals surface area contributed by atoms with Crippen LogP contribution in [0.4, 0.5) is 11.6 Å². The molecule has 0 amide bonds. The third kappa shape index (κ3) is 1.79. The molecule has 1 aliphatic rings. The van der Waals surface area contributed by atoms with Crippen molar-refractivity contribution in [3.63, 3.8) is 0 Å². The number of nitrogens with two attached hydrogens (primary N) is 2. The average molecular weight is 210 g/mol. The van der Waals surface area contributed by atoms with E-state index in [0.29, 0.717) is 24.1 Å². The number of nitrogen functional groups attached to an aromatic ring is 2. The molecule has 1 aromatic rings. The smallest absolute Gasteiger partial charge is 0.150 e. The molecule has 1 saturated carbocycles. The lowest BCUT2D eigenvalue weighted by Gasteiger charge is -2.11. The summed E-state index contributed by atoms with van der Waals surface area (Å²) in [6.45, 7) is 0.0603. The van der Waals surface area contributed by atoms with Crippen LogP contribution in [0.5, 0.6) is 0 Å². The van der Waals surface area contributed by atoms with Crippen molar-refractivity contribution in [2.24, 2.45) is 0 Å². The highest BCUT2D eigenvalue weighted by Crippen LogP contribution is 2.33. The first kappa shape index (κ1) is 10.3. The Labute approximate surface area is 89.1 Å². The van der Waals surface area contributed by atoms with E-state index in [1.165, 1.54) is 12.8 Å². The van der Waals surface area contributed by atoms with Gasteiger partial charge in [0.2, 0.25) is 0 Å². The first-order chi connectivity index (χ1) is 7.24. The SMILES string of the molecule is Nc1nn(C2CCCC2)c(N)c1CCO. The summed E-state index contributed by atoms with van der Waals surface area (Å²) in [7, 11) is 0. The Hall–Kier alpha value is -1.23. The normalized spacial score (nSPS) is 17.4. The number of aliphatic hydroxyl groups is 1. The molecule has 1 aromatic heterocycles. The molecule has 5 N–H and O–H groups in total. The van der Waals surface area contributed by atoms with Crippen LogP contribution >= 0.6 is 0 Å². The van der Waals surface area contributed by atoms with E-state index in [1.807, 2.05) is 4.68 Å². The summed E-state index contributed by atoms with van der Waals surface area (Å²) < 4.78 is 1.84. The van der Waals surface area contributed by atoms with E-state index in [9.17, 15) is 0 Å². The first-order valence-electron chi connectivity index (χ1n) is 5.47. The Bertz CT molecular complexity index is 341. The fraction of sp³-hybridized carbons (Fsp3) is 0.700. The molecule has 0 bridgehead atoms. The second kappa shape index (κ2) is 4.10. The van der Waals surface area contributed by atoms with Crippen LogP contribution < -0.4 is 11.5 Å². The van der Waals surface area contributed by atoms with E-state index in [1.54, 1.807) is 0 Å². The molecule has 2 rings (SSSR count). The van der Waals surface area contributed by atoms with Crippen molar-refractivity contribution in [1.29, 1.82) is 0 Å². The van der Waals surface area contributed by atoms with Crippen LogP contribution in [-0.4, -0.2) is 21.5 Å². The summed E-state index contributed by atoms with van der Waals surface area (Å²) >= 11 is 0. The summed E-state index contributed by atoms with van der Waals surface area (Å²) in [6, 6.07) is 0.403. The van der Waals surface area contributed by atoms with Crippen LogP contribution in [0.1, 0.15) is 37.3 Å². The van der Waals surface area contributed by atoms with Crippen LogP contribution in [0.25, 0.3) is 0 Å². The Balaban J connectivity index is 2.27. The van der Waals surface area contributed by atoms with Crippen molar-refractivity contribution in [1.82, 2.24) is 9.78 Å². The average Bonchev–Trinajstić information content (AvgIpc) is 2.81. The van der Waals surface area contributed by atoms with Gasteiger partial charge in [-0.2, -0.15) is 5.10 Å². The van der Waals surface area contributed by atoms with E-state index in [-0.39, 0.29) is 6.61 Å². The van der Waals surface area contributed by atoms with Gasteiger partial charge in [-0.3, -0.25) is 0 Å². The van der Waals surface area contributed by atoms with Gasteiger partial charge >= 0.3 is 0 Å². The first-order valence-corrected chi connectivity index (χ1v) is 5.47. The highest BCUT2D eigenvalue weighted by molar-refractivity contribution is 5.54. The second-order valence-corrected chi connectivity index (χ2v) is 4.11. The molecule has 0 saturated heterocycles. The van der Waals surface area contributed by atoms with Crippen molar-refractivity contribution in [3.8, 4) is 0 Å². The number of hydrogen-bond acceptors (Lipinski definition) is 4. The van der Waals surface area contributed by atoms with Gasteiger partial charge < -0.3 is 16.6 Å². The van der Waals surface area contributed by atoms with Gasteiger partial charge in [0, 0.05) is 18.6 Å². The summed E-state index contributed by atoms with van der Waals surface area (Å²) in [4.78, 5) is 0. The molecule has 0 atom stereocenters. The summed E-state index contributed by atoms with van der Waals surface area (Å²) in [6.07, 6.45) is 5.22. The van der Waals surface area contributed by atoms with E-state index in [4.69, 9.17) is 16.6 Å². The number of aromatic nitrogens is 2. The fourth-order valence-electron chi connectivity index (χ4n) is 2.29. The van der Waals surface area contributed by atoms with Crippen LogP contribution in [-0.2, 0) is 6.42 Å². The van der Waals surface area contributed by atoms with Crippen molar-refractivity contribution < 1.29 is 5.11 Å². The molecule has 15 heavy (non-hydrogen) atoms. The standard InChI is InChI=1S/C10H18N4O/c11-9-8(5-6-15)10(12)14(13-9)7-3-1-2-4-7/h7,15H,1-6,12H2,(H2,11,13). The Morgan fingerprint density at radius 1 is 1.33 bits per heavy atom. The molecule has 5 heteroatoms. The molecule has 1 fully saturated rings. The maximum Gasteiger partial charge on any atom is 0.150 e. The van der Waals surface area contributed by atoms with Crippen LogP contribution in [0, 0.1) is 0 Å². The quantitative estimate of drug-likeness (QED) is 0.685. The topological polar surface area (TPSA) is 90.1 Å². The number of aliphatic hydroxyl groups excluding tert-OH is 1. The molecule has 0 spiro atoms. The molecule has 1 aliphatic carbocycles. The number of anilines is 2. The molecule has 84 valence electrons. The van der Waals surface area contributed by atoms with Crippen molar-refractivity contribution in [3.05, 3.63) is 5.56 Å². The van der Waals surface area contributed by atoms with Gasteiger partial charge in [-0.1, -0.05) is 12.8 Å². The number of nitrogens with zero attached hydrogens (tertiary/aromatic N) is 2. The zero-order chi connectivity index (χ0) is 10.8. The minimum absolute atomic E-state index is 0.0603. The van der Waals surface area contributed by atoms with Crippen molar-refractivity contribution >= 4 is 11.6 Å². The molecule has 5 nitrogen and oxygen atoms in total. The lowest BCUT2D eigenvalue weighted by Crippen LogP contribution is -2.10. The Kier molecular flexibility index (Phi) is 2.81. The highest BCUT2D eigenvalue weighted by Gasteiger charge is 2.22. The van der Waals surface area contributed by atoms with E-state index >= 15 is 0 Å². The third-order valence-electron chi connectivity index (χ3n) is 3.11. The molecule has 0 unspecified atom stereocenters. The summed E-state index contributed by atoms with van der Waals surface area (Å²) in [5.74, 6) is 1.10. The third-order valence-corrected chi connectivity index (χ3v) is 3.11. The van der Waals surface area contributed by atoms with Gasteiger partial charge in [0.05, 0.1) is 6.04 Å². The molecule has 0 aliphatic heterocycles. The van der Waals surface area contributed by atoms with Gasteiger partial charge in [-0.25, -0.2) is 4.68 Å². The van der Waals surface area contributed by atoms with E-state index in [2.05, 4.69) is 5.10 Å². The maximum absolute atomic E-state index is 8.90. The zero-order valence-electron chi connectivity index (χ0n) is 8.82. The number of rotatable bonds is 3. The monoisotopic (exact) mass is 210 g/mol. The lowest BCUT2D eigenvalue weighted by atomic mass is 10.2. The van der Waals surface area contributed by atoms with Crippen LogP contribution in [0.2, 0.25) is 0 Å². The Morgan fingerprint density at radius 3 is 2.60 bits per heavy atom. The zero-order valence-corrected chi connectivity index (χ0v) is 8.82. The van der Waals surface area contributed by atoms with Crippen LogP contribution in [0.15, 0.2) is 0 Å². The summed E-state index contributed by atoms with van der Waals surface area (Å²) in [5.41, 5.74) is 12.5. The van der Waals surface area contributed by atoms with Crippen LogP contribution in [0.3, 0.4) is 0 Å². The lowest BCUT2D eigenvalue weighted by molar-refractivity contribution is 0.300. The molecular weight excluding hydrogens is 192 g/mol. The highest BCUT2D eigenvalue weighted by atomic mass is 16.3. The van der Waals surface area contributed by atoms with E-state index in [0.717, 1.165) is 18.4 Å². The van der Waals surface area contributed by atoms with Gasteiger partial charge in [-0.15, -0.1) is 0 Å². The predicted molar refractivity (Wildman–Crippen MR) is 59.3 cm³/mol. The fourth-order valence-corrected chi connectivity index (χ4v) is 2.29. The molecule has 0 radical (unpaired) electrons. The molecule has 1 heterocycles. The minimum atomic E-state index is 0.0603.